The second-order valence-electron chi connectivity index (χ2n) is 5.53. The van der Waals surface area contributed by atoms with Gasteiger partial charge >= 0.3 is 0 Å². The van der Waals surface area contributed by atoms with Gasteiger partial charge in [-0.2, -0.15) is 0 Å². The van der Waals surface area contributed by atoms with Crippen molar-refractivity contribution in [1.29, 1.82) is 0 Å². The molecule has 1 rings (SSSR count). The van der Waals surface area contributed by atoms with E-state index < -0.39 is 18.8 Å². The summed E-state index contributed by atoms with van der Waals surface area (Å²) in [6, 6.07) is 0. The first kappa shape index (κ1) is 14.1. The Labute approximate surface area is 101 Å². The van der Waals surface area contributed by atoms with Crippen molar-refractivity contribution in [3.63, 3.8) is 0 Å². The first-order valence-corrected chi connectivity index (χ1v) is 5.89. The summed E-state index contributed by atoms with van der Waals surface area (Å²) >= 11 is 0. The van der Waals surface area contributed by atoms with E-state index in [0.29, 0.717) is 6.42 Å². The molecule has 98 valence electrons. The fourth-order valence-electron chi connectivity index (χ4n) is 2.28. The molecule has 0 aliphatic carbocycles. The van der Waals surface area contributed by atoms with Gasteiger partial charge in [0.05, 0.1) is 18.8 Å². The van der Waals surface area contributed by atoms with Crippen molar-refractivity contribution in [3.8, 4) is 0 Å². The van der Waals surface area contributed by atoms with Gasteiger partial charge in [0, 0.05) is 12.8 Å². The molecule has 0 unspecified atom stereocenters. The summed E-state index contributed by atoms with van der Waals surface area (Å²) in [5.41, 5.74) is -1.49. The third-order valence-corrected chi connectivity index (χ3v) is 3.48. The Bertz CT molecular complexity index is 292. The van der Waals surface area contributed by atoms with Crippen molar-refractivity contribution >= 4 is 11.8 Å². The van der Waals surface area contributed by atoms with E-state index in [0.717, 1.165) is 4.90 Å². The van der Waals surface area contributed by atoms with E-state index in [9.17, 15) is 19.8 Å². The van der Waals surface area contributed by atoms with Gasteiger partial charge in [-0.25, -0.2) is 0 Å². The molecular weight excluding hydrogens is 222 g/mol. The summed E-state index contributed by atoms with van der Waals surface area (Å²) in [7, 11) is 0. The predicted molar refractivity (Wildman–Crippen MR) is 62.1 cm³/mol. The topological polar surface area (TPSA) is 77.8 Å². The third kappa shape index (κ3) is 2.50. The molecule has 0 aromatic rings. The SMILES string of the molecule is CCC(CO)(CO)N1C(=O)CC(C)(C)CC1=O. The lowest BCUT2D eigenvalue weighted by molar-refractivity contribution is -0.165. The number of piperidine rings is 1. The van der Waals surface area contributed by atoms with Gasteiger partial charge in [0.25, 0.3) is 0 Å². The summed E-state index contributed by atoms with van der Waals surface area (Å²) in [4.78, 5) is 25.1. The fraction of sp³-hybridized carbons (Fsp3) is 0.833. The van der Waals surface area contributed by atoms with E-state index in [1.54, 1.807) is 6.92 Å². The van der Waals surface area contributed by atoms with Crippen LogP contribution in [0.3, 0.4) is 0 Å². The van der Waals surface area contributed by atoms with Crippen LogP contribution in [0.25, 0.3) is 0 Å². The zero-order chi connectivity index (χ0) is 13.3. The van der Waals surface area contributed by atoms with E-state index in [-0.39, 0.29) is 30.1 Å². The molecule has 0 spiro atoms. The van der Waals surface area contributed by atoms with E-state index in [2.05, 4.69) is 0 Å². The molecule has 5 nitrogen and oxygen atoms in total. The minimum Gasteiger partial charge on any atom is -0.394 e. The molecule has 0 aromatic heterocycles. The summed E-state index contributed by atoms with van der Waals surface area (Å²) in [6.07, 6.45) is 0.874. The van der Waals surface area contributed by atoms with Crippen molar-refractivity contribution in [1.82, 2.24) is 4.90 Å². The van der Waals surface area contributed by atoms with Crippen molar-refractivity contribution in [2.75, 3.05) is 13.2 Å². The Balaban J connectivity index is 3.05. The van der Waals surface area contributed by atoms with Crippen LogP contribution >= 0.6 is 0 Å². The van der Waals surface area contributed by atoms with Crippen LogP contribution in [0, 0.1) is 5.41 Å². The van der Waals surface area contributed by atoms with Gasteiger partial charge in [-0.05, 0) is 11.8 Å². The zero-order valence-corrected chi connectivity index (χ0v) is 10.7. The van der Waals surface area contributed by atoms with E-state index in [4.69, 9.17) is 0 Å². The Morgan fingerprint density at radius 2 is 1.59 bits per heavy atom. The number of likely N-dealkylation sites (tertiary alicyclic amines) is 1. The van der Waals surface area contributed by atoms with Gasteiger partial charge in [-0.1, -0.05) is 20.8 Å². The van der Waals surface area contributed by atoms with Gasteiger partial charge in [0.1, 0.15) is 0 Å². The van der Waals surface area contributed by atoms with E-state index in [1.165, 1.54) is 0 Å². The van der Waals surface area contributed by atoms with E-state index >= 15 is 0 Å². The zero-order valence-electron chi connectivity index (χ0n) is 10.7. The molecule has 1 saturated heterocycles. The van der Waals surface area contributed by atoms with Gasteiger partial charge < -0.3 is 10.2 Å². The number of aliphatic hydroxyl groups excluding tert-OH is 2. The number of hydrogen-bond donors (Lipinski definition) is 2. The molecule has 0 bridgehead atoms. The molecule has 1 aliphatic rings. The number of amides is 2. The van der Waals surface area contributed by atoms with Crippen LogP contribution in [0.2, 0.25) is 0 Å². The highest BCUT2D eigenvalue weighted by atomic mass is 16.3. The van der Waals surface area contributed by atoms with Crippen molar-refractivity contribution in [2.45, 2.75) is 45.6 Å². The second kappa shape index (κ2) is 4.74. The monoisotopic (exact) mass is 243 g/mol. The first-order chi connectivity index (χ1) is 7.82. The molecule has 1 fully saturated rings. The highest BCUT2D eigenvalue weighted by Gasteiger charge is 2.47. The average Bonchev–Trinajstić information content (AvgIpc) is 2.22. The maximum atomic E-state index is 12.0. The maximum Gasteiger partial charge on any atom is 0.230 e. The Morgan fingerprint density at radius 1 is 1.18 bits per heavy atom. The highest BCUT2D eigenvalue weighted by Crippen LogP contribution is 2.35. The summed E-state index contributed by atoms with van der Waals surface area (Å²) in [5.74, 6) is -0.618. The number of nitrogens with zero attached hydrogens (tertiary/aromatic N) is 1. The van der Waals surface area contributed by atoms with Crippen LogP contribution in [0.4, 0.5) is 0 Å². The quantitative estimate of drug-likeness (QED) is 0.696. The van der Waals surface area contributed by atoms with Gasteiger partial charge in [-0.3, -0.25) is 14.5 Å². The third-order valence-electron chi connectivity index (χ3n) is 3.48. The molecule has 0 radical (unpaired) electrons. The van der Waals surface area contributed by atoms with Crippen LogP contribution in [-0.4, -0.2) is 45.7 Å². The first-order valence-electron chi connectivity index (χ1n) is 5.89. The molecule has 0 saturated carbocycles. The maximum absolute atomic E-state index is 12.0. The largest absolute Gasteiger partial charge is 0.394 e. The number of carbonyl (C=O) groups excluding carboxylic acids is 2. The Hall–Kier alpha value is -0.940. The number of aliphatic hydroxyl groups is 2. The van der Waals surface area contributed by atoms with Gasteiger partial charge in [-0.15, -0.1) is 0 Å². The molecule has 0 atom stereocenters. The summed E-state index contributed by atoms with van der Waals surface area (Å²) in [6.45, 7) is 4.67. The lowest BCUT2D eigenvalue weighted by Crippen LogP contribution is -2.62. The minimum absolute atomic E-state index is 0.264. The lowest BCUT2D eigenvalue weighted by atomic mass is 9.79. The Kier molecular flexibility index (Phi) is 3.94. The van der Waals surface area contributed by atoms with Crippen LogP contribution in [0.5, 0.6) is 0 Å². The number of imide groups is 1. The van der Waals surface area contributed by atoms with Crippen LogP contribution in [0.15, 0.2) is 0 Å². The normalized spacial score (nSPS) is 20.9. The highest BCUT2D eigenvalue weighted by molar-refractivity contribution is 5.99. The van der Waals surface area contributed by atoms with Crippen LogP contribution < -0.4 is 0 Å². The van der Waals surface area contributed by atoms with Crippen molar-refractivity contribution in [2.24, 2.45) is 5.41 Å². The molecule has 2 N–H and O–H groups in total. The predicted octanol–water partition coefficient (Wildman–Crippen LogP) is 0.295. The molecule has 1 heterocycles. The molecule has 1 aliphatic heterocycles. The van der Waals surface area contributed by atoms with Gasteiger partial charge in [0.15, 0.2) is 0 Å². The van der Waals surface area contributed by atoms with Gasteiger partial charge in [0.2, 0.25) is 11.8 Å². The molecule has 5 heteroatoms. The number of carbonyl (C=O) groups is 2. The van der Waals surface area contributed by atoms with Crippen LogP contribution in [0.1, 0.15) is 40.0 Å². The summed E-state index contributed by atoms with van der Waals surface area (Å²) < 4.78 is 0. The molecule has 2 amide bonds. The van der Waals surface area contributed by atoms with Crippen molar-refractivity contribution in [3.05, 3.63) is 0 Å². The molecular formula is C12H21NO4. The smallest absolute Gasteiger partial charge is 0.230 e. The van der Waals surface area contributed by atoms with Crippen LogP contribution in [-0.2, 0) is 9.59 Å². The number of rotatable bonds is 4. The lowest BCUT2D eigenvalue weighted by Gasteiger charge is -2.44. The second-order valence-corrected chi connectivity index (χ2v) is 5.53. The molecule has 0 aromatic carbocycles. The Morgan fingerprint density at radius 3 is 1.88 bits per heavy atom. The summed E-state index contributed by atoms with van der Waals surface area (Å²) in [5, 5.41) is 18.8. The fourth-order valence-corrected chi connectivity index (χ4v) is 2.28. The number of hydrogen-bond acceptors (Lipinski definition) is 4. The minimum atomic E-state index is -1.15. The standard InChI is InChI=1S/C12H21NO4/c1-4-12(7-14,8-15)13-9(16)5-11(2,3)6-10(13)17/h14-15H,4-8H2,1-3H3. The average molecular weight is 243 g/mol. The van der Waals surface area contributed by atoms with E-state index in [1.807, 2.05) is 13.8 Å². The molecule has 17 heavy (non-hydrogen) atoms. The van der Waals surface area contributed by atoms with Crippen molar-refractivity contribution < 1.29 is 19.8 Å².